The first kappa shape index (κ1) is 15.8. The first-order valence-corrected chi connectivity index (χ1v) is 7.72. The minimum Gasteiger partial charge on any atom is -0.481 e. The Kier molecular flexibility index (Phi) is 4.88. The van der Waals surface area contributed by atoms with Crippen molar-refractivity contribution >= 4 is 33.6 Å². The highest BCUT2D eigenvalue weighted by molar-refractivity contribution is 9.10. The molecule has 1 atom stereocenters. The maximum Gasteiger partial charge on any atom is 0.319 e. The van der Waals surface area contributed by atoms with E-state index >= 15 is 0 Å². The number of rotatable bonds is 5. The lowest BCUT2D eigenvalue weighted by Gasteiger charge is -2.18. The summed E-state index contributed by atoms with van der Waals surface area (Å²) < 4.78 is 0.963. The molecule has 0 saturated heterocycles. The number of anilines is 1. The largest absolute Gasteiger partial charge is 0.481 e. The van der Waals surface area contributed by atoms with Crippen LogP contribution in [0.5, 0.6) is 0 Å². The summed E-state index contributed by atoms with van der Waals surface area (Å²) in [4.78, 5) is 22.9. The third-order valence-electron chi connectivity index (χ3n) is 3.64. The number of amides is 2. The summed E-state index contributed by atoms with van der Waals surface area (Å²) in [6.07, 6.45) is 1.93. The number of aliphatic carboxylic acids is 1. The summed E-state index contributed by atoms with van der Waals surface area (Å²) in [5, 5.41) is 14.5. The van der Waals surface area contributed by atoms with Gasteiger partial charge in [-0.25, -0.2) is 4.79 Å². The number of hydrogen-bond donors (Lipinski definition) is 3. The van der Waals surface area contributed by atoms with Crippen molar-refractivity contribution < 1.29 is 14.7 Å². The van der Waals surface area contributed by atoms with Gasteiger partial charge in [0, 0.05) is 16.2 Å². The van der Waals surface area contributed by atoms with Crippen molar-refractivity contribution in [1.82, 2.24) is 5.32 Å². The Morgan fingerprint density at radius 3 is 2.38 bits per heavy atom. The summed E-state index contributed by atoms with van der Waals surface area (Å²) in [5.74, 6) is -0.595. The highest BCUT2D eigenvalue weighted by Crippen LogP contribution is 2.34. The minimum absolute atomic E-state index is 0.0314. The number of hydrogen-bond acceptors (Lipinski definition) is 2. The molecule has 1 aromatic rings. The zero-order valence-electron chi connectivity index (χ0n) is 12.1. The Morgan fingerprint density at radius 1 is 1.33 bits per heavy atom. The van der Waals surface area contributed by atoms with Crippen LogP contribution in [0.2, 0.25) is 0 Å². The molecule has 2 amide bonds. The van der Waals surface area contributed by atoms with E-state index in [0.717, 1.165) is 34.1 Å². The normalized spacial score (nSPS) is 15.4. The lowest BCUT2D eigenvalue weighted by Crippen LogP contribution is -2.40. The molecule has 1 aliphatic rings. The van der Waals surface area contributed by atoms with Crippen LogP contribution in [0.3, 0.4) is 0 Å². The van der Waals surface area contributed by atoms with Gasteiger partial charge in [0.25, 0.3) is 0 Å². The van der Waals surface area contributed by atoms with Crippen molar-refractivity contribution in [2.75, 3.05) is 5.32 Å². The fourth-order valence-corrected chi connectivity index (χ4v) is 3.13. The number of urea groups is 1. The molecule has 1 aliphatic carbocycles. The first-order chi connectivity index (χ1) is 9.86. The van der Waals surface area contributed by atoms with Crippen LogP contribution in [0.4, 0.5) is 10.5 Å². The SMILES string of the molecule is Cc1cc(Br)cc(C)c1NC(=O)NC(CC(=O)O)C1CC1. The second-order valence-corrected chi connectivity index (χ2v) is 6.47. The standard InChI is InChI=1S/C15H19BrN2O3/c1-8-5-11(16)6-9(2)14(8)18-15(21)17-12(7-13(19)20)10-3-4-10/h5-6,10,12H,3-4,7H2,1-2H3,(H,19,20)(H2,17,18,21). The predicted molar refractivity (Wildman–Crippen MR) is 84.5 cm³/mol. The number of benzene rings is 1. The van der Waals surface area contributed by atoms with Gasteiger partial charge in [0.1, 0.15) is 0 Å². The van der Waals surface area contributed by atoms with E-state index < -0.39 is 5.97 Å². The fraction of sp³-hybridized carbons (Fsp3) is 0.467. The van der Waals surface area contributed by atoms with Crippen molar-refractivity contribution in [2.45, 2.75) is 39.2 Å². The Labute approximate surface area is 132 Å². The van der Waals surface area contributed by atoms with E-state index in [9.17, 15) is 9.59 Å². The van der Waals surface area contributed by atoms with E-state index in [1.165, 1.54) is 0 Å². The zero-order valence-corrected chi connectivity index (χ0v) is 13.7. The number of halogens is 1. The van der Waals surface area contributed by atoms with E-state index in [1.54, 1.807) is 0 Å². The third-order valence-corrected chi connectivity index (χ3v) is 4.10. The summed E-state index contributed by atoms with van der Waals surface area (Å²) >= 11 is 3.41. The van der Waals surface area contributed by atoms with Crippen LogP contribution < -0.4 is 10.6 Å². The summed E-state index contributed by atoms with van der Waals surface area (Å²) in [6.45, 7) is 3.84. The lowest BCUT2D eigenvalue weighted by molar-refractivity contribution is -0.137. The van der Waals surface area contributed by atoms with Crippen molar-refractivity contribution in [3.05, 3.63) is 27.7 Å². The van der Waals surface area contributed by atoms with Crippen molar-refractivity contribution in [3.63, 3.8) is 0 Å². The van der Waals surface area contributed by atoms with Gasteiger partial charge in [-0.3, -0.25) is 4.79 Å². The van der Waals surface area contributed by atoms with Gasteiger partial charge in [-0.15, -0.1) is 0 Å². The second-order valence-electron chi connectivity index (χ2n) is 5.55. The molecule has 0 aliphatic heterocycles. The van der Waals surface area contributed by atoms with Crippen LogP contribution >= 0.6 is 15.9 Å². The monoisotopic (exact) mass is 354 g/mol. The van der Waals surface area contributed by atoms with E-state index in [-0.39, 0.29) is 18.5 Å². The Morgan fingerprint density at radius 2 is 1.90 bits per heavy atom. The van der Waals surface area contributed by atoms with Gasteiger partial charge in [0.05, 0.1) is 6.42 Å². The molecule has 1 saturated carbocycles. The van der Waals surface area contributed by atoms with Gasteiger partial charge in [-0.1, -0.05) is 15.9 Å². The third kappa shape index (κ3) is 4.46. The summed E-state index contributed by atoms with van der Waals surface area (Å²) in [6, 6.07) is 3.22. The minimum atomic E-state index is -0.886. The van der Waals surface area contributed by atoms with Crippen LogP contribution in [0, 0.1) is 19.8 Å². The molecule has 3 N–H and O–H groups in total. The number of carboxylic acids is 1. The van der Waals surface area contributed by atoms with E-state index in [0.29, 0.717) is 5.92 Å². The van der Waals surface area contributed by atoms with Crippen LogP contribution in [0.15, 0.2) is 16.6 Å². The lowest BCUT2D eigenvalue weighted by atomic mass is 10.1. The zero-order chi connectivity index (χ0) is 15.6. The Balaban J connectivity index is 2.02. The molecule has 0 bridgehead atoms. The Hall–Kier alpha value is -1.56. The molecule has 1 unspecified atom stereocenters. The van der Waals surface area contributed by atoms with Gasteiger partial charge < -0.3 is 15.7 Å². The van der Waals surface area contributed by atoms with Crippen molar-refractivity contribution in [3.8, 4) is 0 Å². The van der Waals surface area contributed by atoms with Crippen molar-refractivity contribution in [2.24, 2.45) is 5.92 Å². The highest BCUT2D eigenvalue weighted by Gasteiger charge is 2.33. The summed E-state index contributed by atoms with van der Waals surface area (Å²) in [7, 11) is 0. The number of carbonyl (C=O) groups is 2. The second kappa shape index (κ2) is 6.47. The van der Waals surface area contributed by atoms with Gasteiger partial charge in [0.15, 0.2) is 0 Å². The van der Waals surface area contributed by atoms with Gasteiger partial charge in [0.2, 0.25) is 0 Å². The molecule has 0 heterocycles. The highest BCUT2D eigenvalue weighted by atomic mass is 79.9. The molecular formula is C15H19BrN2O3. The van der Waals surface area contributed by atoms with Crippen molar-refractivity contribution in [1.29, 1.82) is 0 Å². The molecule has 0 radical (unpaired) electrons. The molecule has 1 aromatic carbocycles. The van der Waals surface area contributed by atoms with Gasteiger partial charge in [-0.05, 0) is 55.9 Å². The molecular weight excluding hydrogens is 336 g/mol. The molecule has 1 fully saturated rings. The van der Waals surface area contributed by atoms with Crippen LogP contribution in [0.25, 0.3) is 0 Å². The first-order valence-electron chi connectivity index (χ1n) is 6.93. The molecule has 6 heteroatoms. The van der Waals surface area contributed by atoms with E-state index in [1.807, 2.05) is 26.0 Å². The topological polar surface area (TPSA) is 78.4 Å². The summed E-state index contributed by atoms with van der Waals surface area (Å²) in [5.41, 5.74) is 2.68. The van der Waals surface area contributed by atoms with Crippen LogP contribution in [-0.4, -0.2) is 23.1 Å². The quantitative estimate of drug-likeness (QED) is 0.757. The molecule has 0 spiro atoms. The molecule has 5 nitrogen and oxygen atoms in total. The van der Waals surface area contributed by atoms with Gasteiger partial charge in [-0.2, -0.15) is 0 Å². The Bertz CT molecular complexity index is 547. The predicted octanol–water partition coefficient (Wildman–Crippen LogP) is 3.44. The molecule has 21 heavy (non-hydrogen) atoms. The number of nitrogens with one attached hydrogen (secondary N) is 2. The molecule has 0 aromatic heterocycles. The number of carboxylic acid groups (broad SMARTS) is 1. The van der Waals surface area contributed by atoms with Crippen LogP contribution in [-0.2, 0) is 4.79 Å². The van der Waals surface area contributed by atoms with E-state index in [2.05, 4.69) is 26.6 Å². The number of aryl methyl sites for hydroxylation is 2. The smallest absolute Gasteiger partial charge is 0.319 e. The van der Waals surface area contributed by atoms with E-state index in [4.69, 9.17) is 5.11 Å². The molecule has 2 rings (SSSR count). The maximum atomic E-state index is 12.1. The molecule has 114 valence electrons. The maximum absolute atomic E-state index is 12.1. The number of carbonyl (C=O) groups excluding carboxylic acids is 1. The fourth-order valence-electron chi connectivity index (χ4n) is 2.45. The van der Waals surface area contributed by atoms with Crippen LogP contribution in [0.1, 0.15) is 30.4 Å². The van der Waals surface area contributed by atoms with Gasteiger partial charge >= 0.3 is 12.0 Å². The average Bonchev–Trinajstić information content (AvgIpc) is 3.16. The average molecular weight is 355 g/mol.